The Morgan fingerprint density at radius 3 is 1.43 bits per heavy atom. The Balaban J connectivity index is 1.31. The third-order valence-electron chi connectivity index (χ3n) is 9.94. The number of carbonyl (C=O) groups is 2. The van der Waals surface area contributed by atoms with Gasteiger partial charge in [0.1, 0.15) is 49.3 Å². The smallest absolute Gasteiger partial charge is 0.303 e. The number of carbonyl (C=O) groups excluding carboxylic acids is 2. The molecule has 60 heavy (non-hydrogen) atoms. The second-order valence-electron chi connectivity index (χ2n) is 14.3. The Labute approximate surface area is 349 Å². The Kier molecular flexibility index (Phi) is 17.0. The summed E-state index contributed by atoms with van der Waals surface area (Å²) in [5, 5.41) is 4.04. The minimum atomic E-state index is -1.30. The van der Waals surface area contributed by atoms with Crippen LogP contribution in [0.5, 0.6) is 0 Å². The first-order valence-corrected chi connectivity index (χ1v) is 19.7. The Hall–Kier alpha value is -5.19. The third kappa shape index (κ3) is 12.7. The summed E-state index contributed by atoms with van der Waals surface area (Å²) in [6.45, 7) is 2.71. The highest BCUT2D eigenvalue weighted by atomic mass is 16.7. The van der Waals surface area contributed by atoms with E-state index in [1.807, 2.05) is 121 Å². The Morgan fingerprint density at radius 2 is 0.983 bits per heavy atom. The van der Waals surface area contributed by atoms with Crippen LogP contribution in [0.25, 0.3) is 10.4 Å². The molecule has 15 heteroatoms. The molecule has 4 aromatic carbocycles. The van der Waals surface area contributed by atoms with Gasteiger partial charge in [-0.1, -0.05) is 126 Å². The van der Waals surface area contributed by atoms with E-state index < -0.39 is 73.3 Å². The van der Waals surface area contributed by atoms with Crippen molar-refractivity contribution in [3.05, 3.63) is 154 Å². The van der Waals surface area contributed by atoms with Crippen LogP contribution in [0.15, 0.2) is 126 Å². The van der Waals surface area contributed by atoms with E-state index in [1.54, 1.807) is 0 Å². The maximum Gasteiger partial charge on any atom is 0.303 e. The SMILES string of the molecule is CO[C@H]1O[C@H](CO[C@@H]2O[C@H](COC(C)=O)[C@@H](OC(C)=O)[C@H](OCc3ccccc3)[C@@H]2N=[N+]=[N-])[C@@H](OCc2ccccc2)[C@H](OCc2ccccc2)[C@H]1OCc1ccccc1. The van der Waals surface area contributed by atoms with Gasteiger partial charge in [-0.25, -0.2) is 0 Å². The van der Waals surface area contributed by atoms with Gasteiger partial charge in [-0.2, -0.15) is 0 Å². The summed E-state index contributed by atoms with van der Waals surface area (Å²) >= 11 is 0. The predicted molar refractivity (Wildman–Crippen MR) is 215 cm³/mol. The van der Waals surface area contributed by atoms with Crippen molar-refractivity contribution >= 4 is 11.9 Å². The van der Waals surface area contributed by atoms with E-state index in [4.69, 9.17) is 47.4 Å². The zero-order valence-electron chi connectivity index (χ0n) is 33.8. The molecule has 0 amide bonds. The number of rotatable bonds is 20. The first-order valence-electron chi connectivity index (χ1n) is 19.7. The van der Waals surface area contributed by atoms with Gasteiger partial charge in [-0.3, -0.25) is 9.59 Å². The van der Waals surface area contributed by atoms with E-state index in [1.165, 1.54) is 21.0 Å². The summed E-state index contributed by atoms with van der Waals surface area (Å²) in [4.78, 5) is 27.5. The normalized spacial score (nSPS) is 26.4. The van der Waals surface area contributed by atoms with Gasteiger partial charge in [-0.15, -0.1) is 0 Å². The summed E-state index contributed by atoms with van der Waals surface area (Å²) in [6, 6.07) is 37.3. The number of benzene rings is 4. The fourth-order valence-electron chi connectivity index (χ4n) is 7.10. The first kappa shape index (κ1) is 44.4. The van der Waals surface area contributed by atoms with Gasteiger partial charge in [-0.05, 0) is 27.8 Å². The van der Waals surface area contributed by atoms with Crippen LogP contribution in [0.1, 0.15) is 36.1 Å². The van der Waals surface area contributed by atoms with Crippen LogP contribution < -0.4 is 0 Å². The monoisotopic (exact) mass is 825 g/mol. The summed E-state index contributed by atoms with van der Waals surface area (Å²) in [6.07, 6.45) is -8.74. The molecule has 15 nitrogen and oxygen atoms in total. The summed E-state index contributed by atoms with van der Waals surface area (Å²) in [7, 11) is 1.52. The summed E-state index contributed by atoms with van der Waals surface area (Å²) in [5.41, 5.74) is 13.4. The van der Waals surface area contributed by atoms with Crippen molar-refractivity contribution in [1.29, 1.82) is 0 Å². The second-order valence-corrected chi connectivity index (χ2v) is 14.3. The molecule has 2 aliphatic rings. The molecule has 0 N–H and O–H groups in total. The van der Waals surface area contributed by atoms with Crippen LogP contribution in [0.2, 0.25) is 0 Å². The van der Waals surface area contributed by atoms with E-state index in [0.717, 1.165) is 22.3 Å². The van der Waals surface area contributed by atoms with Gasteiger partial charge < -0.3 is 47.4 Å². The summed E-state index contributed by atoms with van der Waals surface area (Å²) < 4.78 is 62.8. The maximum absolute atomic E-state index is 12.4. The zero-order chi connectivity index (χ0) is 42.1. The molecule has 0 aromatic heterocycles. The van der Waals surface area contributed by atoms with Crippen LogP contribution in [0.3, 0.4) is 0 Å². The number of esters is 2. The highest BCUT2D eigenvalue weighted by Gasteiger charge is 2.52. The molecule has 318 valence electrons. The molecule has 4 aromatic rings. The highest BCUT2D eigenvalue weighted by molar-refractivity contribution is 5.66. The topological polar surface area (TPSA) is 175 Å². The largest absolute Gasteiger partial charge is 0.463 e. The van der Waals surface area contributed by atoms with Crippen molar-refractivity contribution in [3.8, 4) is 0 Å². The molecule has 0 aliphatic carbocycles. The zero-order valence-corrected chi connectivity index (χ0v) is 33.8. The lowest BCUT2D eigenvalue weighted by Crippen LogP contribution is -2.63. The van der Waals surface area contributed by atoms with Crippen molar-refractivity contribution < 1.29 is 57.0 Å². The summed E-state index contributed by atoms with van der Waals surface area (Å²) in [5.74, 6) is -1.23. The molecule has 0 saturated carbocycles. The van der Waals surface area contributed by atoms with Crippen molar-refractivity contribution in [2.45, 2.75) is 102 Å². The third-order valence-corrected chi connectivity index (χ3v) is 9.94. The highest BCUT2D eigenvalue weighted by Crippen LogP contribution is 2.34. The molecule has 2 saturated heterocycles. The maximum atomic E-state index is 12.4. The number of azide groups is 1. The molecular weight excluding hydrogens is 775 g/mol. The van der Waals surface area contributed by atoms with Gasteiger partial charge in [0.15, 0.2) is 18.7 Å². The van der Waals surface area contributed by atoms with E-state index >= 15 is 0 Å². The molecule has 2 aliphatic heterocycles. The Morgan fingerprint density at radius 1 is 0.550 bits per heavy atom. The van der Waals surface area contributed by atoms with Gasteiger partial charge in [0.25, 0.3) is 0 Å². The quantitative estimate of drug-likeness (QED) is 0.0404. The number of nitrogens with zero attached hydrogens (tertiary/aromatic N) is 3. The van der Waals surface area contributed by atoms with Crippen LogP contribution in [-0.4, -0.2) is 93.6 Å². The van der Waals surface area contributed by atoms with Crippen molar-refractivity contribution in [2.75, 3.05) is 20.3 Å². The number of hydrogen-bond acceptors (Lipinski definition) is 13. The van der Waals surface area contributed by atoms with Gasteiger partial charge in [0, 0.05) is 25.9 Å². The second kappa shape index (κ2) is 23.0. The molecule has 6 rings (SSSR count). The van der Waals surface area contributed by atoms with Gasteiger partial charge in [0.05, 0.1) is 33.0 Å². The van der Waals surface area contributed by atoms with Crippen molar-refractivity contribution in [2.24, 2.45) is 5.11 Å². The van der Waals surface area contributed by atoms with Crippen LogP contribution in [0, 0.1) is 0 Å². The first-order chi connectivity index (χ1) is 29.3. The number of methoxy groups -OCH3 is 1. The van der Waals surface area contributed by atoms with Crippen LogP contribution in [-0.2, 0) is 83.4 Å². The average molecular weight is 826 g/mol. The lowest BCUT2D eigenvalue weighted by atomic mass is 9.96. The fourth-order valence-corrected chi connectivity index (χ4v) is 7.10. The lowest BCUT2D eigenvalue weighted by Gasteiger charge is -2.47. The fraction of sp³-hybridized carbons (Fsp3) is 0.422. The van der Waals surface area contributed by atoms with E-state index in [-0.39, 0.29) is 39.6 Å². The predicted octanol–water partition coefficient (Wildman–Crippen LogP) is 6.61. The molecule has 10 atom stereocenters. The molecule has 0 unspecified atom stereocenters. The molecule has 0 spiro atoms. The molecule has 2 heterocycles. The van der Waals surface area contributed by atoms with Crippen LogP contribution >= 0.6 is 0 Å². The standard InChI is InChI=1S/C45H51N3O12/c1-30(49)52-28-37-40(58-31(2)50)41(54-25-33-18-10-5-11-19-33)38(47-48-46)44(59-37)57-29-36-39(53-24-32-16-8-4-9-17-32)42(55-26-34-20-12-6-13-21-34)43(45(51-3)60-36)56-27-35-22-14-7-15-23-35/h4-23,36-45H,24-29H2,1-3H3/t36-,37-,38+,39-,40-,41-,42+,43-,44-,45+/m1/s1. The average Bonchev–Trinajstić information content (AvgIpc) is 3.27. The number of ether oxygens (including phenoxy) is 10. The minimum absolute atomic E-state index is 0.0647. The van der Waals surface area contributed by atoms with Gasteiger partial charge in [0.2, 0.25) is 0 Å². The molecule has 2 fully saturated rings. The molecule has 0 bridgehead atoms. The minimum Gasteiger partial charge on any atom is -0.463 e. The van der Waals surface area contributed by atoms with Crippen molar-refractivity contribution in [3.63, 3.8) is 0 Å². The Bertz CT molecular complexity index is 1940. The van der Waals surface area contributed by atoms with Gasteiger partial charge >= 0.3 is 11.9 Å². The molecule has 0 radical (unpaired) electrons. The lowest BCUT2D eigenvalue weighted by molar-refractivity contribution is -0.335. The van der Waals surface area contributed by atoms with Crippen LogP contribution in [0.4, 0.5) is 0 Å². The van der Waals surface area contributed by atoms with E-state index in [2.05, 4.69) is 10.0 Å². The van der Waals surface area contributed by atoms with E-state index in [0.29, 0.717) is 0 Å². The van der Waals surface area contributed by atoms with Crippen molar-refractivity contribution in [1.82, 2.24) is 0 Å². The van der Waals surface area contributed by atoms with E-state index in [9.17, 15) is 15.1 Å². The molecular formula is C45H51N3O12. The number of hydrogen-bond donors (Lipinski definition) is 0.